The quantitative estimate of drug-likeness (QED) is 0.752. The molecule has 1 saturated carbocycles. The number of hydrogen-bond donors (Lipinski definition) is 2. The minimum absolute atomic E-state index is 0.139. The average molecular weight is 286 g/mol. The van der Waals surface area contributed by atoms with Crippen molar-refractivity contribution in [2.75, 3.05) is 26.2 Å². The second kappa shape index (κ2) is 7.77. The Morgan fingerprint density at radius 1 is 1.52 bits per heavy atom. The maximum absolute atomic E-state index is 12.0. The van der Waals surface area contributed by atoms with Gasteiger partial charge in [0.05, 0.1) is 6.54 Å². The number of carbonyl (C=O) groups excluding carboxylic acids is 1. The van der Waals surface area contributed by atoms with Crippen molar-refractivity contribution in [2.45, 2.75) is 25.8 Å². The summed E-state index contributed by atoms with van der Waals surface area (Å²) in [5.41, 5.74) is 6.49. The molecule has 1 aliphatic rings. The second-order valence-corrected chi connectivity index (χ2v) is 5.05. The van der Waals surface area contributed by atoms with Crippen LogP contribution in [0.3, 0.4) is 0 Å². The largest absolute Gasteiger partial charge is 0.349 e. The summed E-state index contributed by atoms with van der Waals surface area (Å²) >= 11 is 0. The Morgan fingerprint density at radius 3 is 2.90 bits per heavy atom. The summed E-state index contributed by atoms with van der Waals surface area (Å²) in [6, 6.07) is 4.20. The zero-order valence-electron chi connectivity index (χ0n) is 12.4. The molecule has 0 radical (unpaired) electrons. The van der Waals surface area contributed by atoms with E-state index in [4.69, 9.17) is 5.73 Å². The summed E-state index contributed by atoms with van der Waals surface area (Å²) in [6.45, 7) is 5.06. The van der Waals surface area contributed by atoms with Crippen molar-refractivity contribution in [1.29, 1.82) is 0 Å². The van der Waals surface area contributed by atoms with E-state index in [1.165, 1.54) is 12.8 Å². The lowest BCUT2D eigenvalue weighted by atomic mass is 10.2. The van der Waals surface area contributed by atoms with Crippen LogP contribution in [-0.2, 0) is 0 Å². The summed E-state index contributed by atoms with van der Waals surface area (Å²) in [5, 5.41) is 2.91. The van der Waals surface area contributed by atoms with Gasteiger partial charge in [0.1, 0.15) is 5.69 Å². The highest BCUT2D eigenvalue weighted by atomic mass is 16.1. The molecular weight excluding hydrogens is 264 g/mol. The number of rotatable bonds is 6. The number of likely N-dealkylation sites (N-methyl/N-ethyl adjacent to an activating group) is 1. The molecular formula is C16H22N4O. The van der Waals surface area contributed by atoms with Crippen LogP contribution in [0.2, 0.25) is 0 Å². The number of hydrogen-bond acceptors (Lipinski definition) is 4. The molecule has 1 aromatic heterocycles. The fourth-order valence-electron chi connectivity index (χ4n) is 2.20. The molecule has 5 nitrogen and oxygen atoms in total. The molecule has 0 aromatic carbocycles. The van der Waals surface area contributed by atoms with Gasteiger partial charge < -0.3 is 11.1 Å². The average Bonchev–Trinajstić information content (AvgIpc) is 3.34. The lowest BCUT2D eigenvalue weighted by Crippen LogP contribution is -2.36. The van der Waals surface area contributed by atoms with Crippen LogP contribution in [0.4, 0.5) is 0 Å². The number of amides is 1. The Morgan fingerprint density at radius 2 is 2.33 bits per heavy atom. The summed E-state index contributed by atoms with van der Waals surface area (Å²) < 4.78 is 0. The number of nitrogens with zero attached hydrogens (tertiary/aromatic N) is 2. The summed E-state index contributed by atoms with van der Waals surface area (Å²) in [5.74, 6) is 5.50. The maximum atomic E-state index is 12.0. The Kier molecular flexibility index (Phi) is 5.73. The molecule has 3 N–H and O–H groups in total. The molecule has 1 amide bonds. The Bertz CT molecular complexity index is 525. The molecule has 0 aliphatic heterocycles. The monoisotopic (exact) mass is 286 g/mol. The van der Waals surface area contributed by atoms with Gasteiger partial charge in [-0.3, -0.25) is 9.69 Å². The van der Waals surface area contributed by atoms with E-state index < -0.39 is 0 Å². The summed E-state index contributed by atoms with van der Waals surface area (Å²) in [4.78, 5) is 18.5. The smallest absolute Gasteiger partial charge is 0.269 e. The van der Waals surface area contributed by atoms with Gasteiger partial charge in [0.25, 0.3) is 5.91 Å². The Hall–Kier alpha value is -1.90. The summed E-state index contributed by atoms with van der Waals surface area (Å²) in [6.07, 6.45) is 4.17. The first kappa shape index (κ1) is 15.5. The van der Waals surface area contributed by atoms with Crippen LogP contribution in [-0.4, -0.2) is 48.0 Å². The maximum Gasteiger partial charge on any atom is 0.269 e. The molecule has 1 aliphatic carbocycles. The fourth-order valence-corrected chi connectivity index (χ4v) is 2.20. The van der Waals surface area contributed by atoms with Gasteiger partial charge in [-0.1, -0.05) is 18.8 Å². The van der Waals surface area contributed by atoms with E-state index in [1.807, 2.05) is 0 Å². The van der Waals surface area contributed by atoms with Crippen molar-refractivity contribution in [2.24, 2.45) is 5.73 Å². The van der Waals surface area contributed by atoms with Crippen LogP contribution in [0, 0.1) is 11.8 Å². The SMILES string of the molecule is CCN(CCNC(=O)c1ccc(C#CCN)cn1)C1CC1. The van der Waals surface area contributed by atoms with Crippen LogP contribution in [0.1, 0.15) is 35.8 Å². The van der Waals surface area contributed by atoms with Crippen LogP contribution in [0.5, 0.6) is 0 Å². The van der Waals surface area contributed by atoms with E-state index in [0.29, 0.717) is 18.8 Å². The lowest BCUT2D eigenvalue weighted by Gasteiger charge is -2.19. The number of nitrogens with one attached hydrogen (secondary N) is 1. The normalized spacial score (nSPS) is 13.7. The minimum atomic E-state index is -0.139. The van der Waals surface area contributed by atoms with E-state index in [0.717, 1.165) is 24.7 Å². The molecule has 0 bridgehead atoms. The number of nitrogens with two attached hydrogens (primary N) is 1. The van der Waals surface area contributed by atoms with Crippen molar-refractivity contribution >= 4 is 5.91 Å². The van der Waals surface area contributed by atoms with E-state index in [2.05, 4.69) is 34.0 Å². The predicted molar refractivity (Wildman–Crippen MR) is 82.8 cm³/mol. The van der Waals surface area contributed by atoms with E-state index in [1.54, 1.807) is 18.3 Å². The van der Waals surface area contributed by atoms with Crippen molar-refractivity contribution in [1.82, 2.24) is 15.2 Å². The predicted octanol–water partition coefficient (Wildman–Crippen LogP) is 0.606. The lowest BCUT2D eigenvalue weighted by molar-refractivity contribution is 0.0943. The molecule has 1 heterocycles. The van der Waals surface area contributed by atoms with Crippen LogP contribution in [0.15, 0.2) is 18.3 Å². The molecule has 112 valence electrons. The number of carbonyl (C=O) groups is 1. The van der Waals surface area contributed by atoms with Gasteiger partial charge >= 0.3 is 0 Å². The third-order valence-electron chi connectivity index (χ3n) is 3.48. The van der Waals surface area contributed by atoms with Gasteiger partial charge in [0.15, 0.2) is 0 Å². The first-order valence-electron chi connectivity index (χ1n) is 7.41. The first-order valence-corrected chi connectivity index (χ1v) is 7.41. The molecule has 0 atom stereocenters. The molecule has 1 aromatic rings. The third-order valence-corrected chi connectivity index (χ3v) is 3.48. The highest BCUT2D eigenvalue weighted by Crippen LogP contribution is 2.25. The molecule has 21 heavy (non-hydrogen) atoms. The van der Waals surface area contributed by atoms with E-state index in [-0.39, 0.29) is 5.91 Å². The van der Waals surface area contributed by atoms with Crippen LogP contribution in [0.25, 0.3) is 0 Å². The van der Waals surface area contributed by atoms with Crippen LogP contribution < -0.4 is 11.1 Å². The van der Waals surface area contributed by atoms with Gasteiger partial charge in [-0.05, 0) is 31.5 Å². The molecule has 0 saturated heterocycles. The number of pyridine rings is 1. The Labute approximate surface area is 125 Å². The number of aromatic nitrogens is 1. The highest BCUT2D eigenvalue weighted by Gasteiger charge is 2.27. The van der Waals surface area contributed by atoms with E-state index >= 15 is 0 Å². The topological polar surface area (TPSA) is 71.2 Å². The van der Waals surface area contributed by atoms with Gasteiger partial charge in [-0.2, -0.15) is 0 Å². The van der Waals surface area contributed by atoms with Gasteiger partial charge in [0.2, 0.25) is 0 Å². The third kappa shape index (κ3) is 4.85. The molecule has 1 fully saturated rings. The highest BCUT2D eigenvalue weighted by molar-refractivity contribution is 5.92. The van der Waals surface area contributed by atoms with Gasteiger partial charge in [0, 0.05) is 30.9 Å². The minimum Gasteiger partial charge on any atom is -0.349 e. The zero-order chi connectivity index (χ0) is 15.1. The van der Waals surface area contributed by atoms with Crippen LogP contribution >= 0.6 is 0 Å². The summed E-state index contributed by atoms with van der Waals surface area (Å²) in [7, 11) is 0. The second-order valence-electron chi connectivity index (χ2n) is 5.05. The van der Waals surface area contributed by atoms with E-state index in [9.17, 15) is 4.79 Å². The van der Waals surface area contributed by atoms with Crippen molar-refractivity contribution in [3.8, 4) is 11.8 Å². The van der Waals surface area contributed by atoms with Gasteiger partial charge in [-0.25, -0.2) is 4.98 Å². The standard InChI is InChI=1S/C16H22N4O/c1-2-20(14-6-7-14)11-10-18-16(21)15-8-5-13(12-19-15)4-3-9-17/h5,8,12,14H,2,6-7,9-11,17H2,1H3,(H,18,21). The van der Waals surface area contributed by atoms with Crippen molar-refractivity contribution in [3.63, 3.8) is 0 Å². The Balaban J connectivity index is 1.79. The zero-order valence-corrected chi connectivity index (χ0v) is 12.4. The first-order chi connectivity index (χ1) is 10.2. The van der Waals surface area contributed by atoms with Crippen molar-refractivity contribution in [3.05, 3.63) is 29.6 Å². The van der Waals surface area contributed by atoms with Gasteiger partial charge in [-0.15, -0.1) is 0 Å². The molecule has 5 heteroatoms. The van der Waals surface area contributed by atoms with Crippen molar-refractivity contribution < 1.29 is 4.79 Å². The molecule has 0 spiro atoms. The molecule has 0 unspecified atom stereocenters. The fraction of sp³-hybridized carbons (Fsp3) is 0.500. The molecule has 2 rings (SSSR count).